The van der Waals surface area contributed by atoms with Gasteiger partial charge in [-0.05, 0) is 24.1 Å². The van der Waals surface area contributed by atoms with Crippen molar-refractivity contribution in [3.8, 4) is 0 Å². The topological polar surface area (TPSA) is 37.3 Å². The molecule has 0 aliphatic rings. The summed E-state index contributed by atoms with van der Waals surface area (Å²) in [7, 11) is 0. The van der Waals surface area contributed by atoms with Gasteiger partial charge in [0.15, 0.2) is 0 Å². The van der Waals surface area contributed by atoms with Gasteiger partial charge in [-0.2, -0.15) is 0 Å². The molecule has 0 saturated heterocycles. The summed E-state index contributed by atoms with van der Waals surface area (Å²) in [5.41, 5.74) is 1.51. The van der Waals surface area contributed by atoms with Crippen LogP contribution < -0.4 is 0 Å². The van der Waals surface area contributed by atoms with Crippen LogP contribution in [-0.2, 0) is 6.42 Å². The van der Waals surface area contributed by atoms with E-state index in [1.165, 1.54) is 0 Å². The van der Waals surface area contributed by atoms with E-state index in [-0.39, 0.29) is 31.1 Å². The first-order valence-corrected chi connectivity index (χ1v) is 3.56. The number of carbonyl (C=O) groups is 1. The number of aryl methyl sites for hydroxylation is 1. The minimum absolute atomic E-state index is 0. The molecular formula is C9H10O2U. The monoisotopic (exact) mass is 388 g/mol. The second-order valence-electron chi connectivity index (χ2n) is 2.36. The van der Waals surface area contributed by atoms with Gasteiger partial charge in [-0.25, -0.2) is 4.79 Å². The van der Waals surface area contributed by atoms with Crippen LogP contribution in [0.1, 0.15) is 22.8 Å². The molecule has 0 bridgehead atoms. The Balaban J connectivity index is 0.00000121. The van der Waals surface area contributed by atoms with Gasteiger partial charge in [0.1, 0.15) is 0 Å². The van der Waals surface area contributed by atoms with Gasteiger partial charge >= 0.3 is 5.97 Å². The summed E-state index contributed by atoms with van der Waals surface area (Å²) in [5, 5.41) is 8.55. The maximum Gasteiger partial charge on any atom is 0.335 e. The number of aromatic carboxylic acids is 1. The van der Waals surface area contributed by atoms with Crippen molar-refractivity contribution in [1.82, 2.24) is 0 Å². The first-order chi connectivity index (χ1) is 5.24. The average Bonchev–Trinajstić information content (AvgIpc) is 2.05. The minimum atomic E-state index is -0.868. The van der Waals surface area contributed by atoms with Gasteiger partial charge in [0.05, 0.1) is 5.56 Å². The van der Waals surface area contributed by atoms with Gasteiger partial charge < -0.3 is 5.11 Å². The Hall–Kier alpha value is -0.258. The Kier molecular flexibility index (Phi) is 5.28. The summed E-state index contributed by atoms with van der Waals surface area (Å²) in [6.07, 6.45) is 0.944. The zero-order chi connectivity index (χ0) is 8.27. The fraction of sp³-hybridized carbons (Fsp3) is 0.222. The molecule has 62 valence electrons. The average molecular weight is 388 g/mol. The van der Waals surface area contributed by atoms with E-state index in [0.717, 1.165) is 12.0 Å². The molecule has 0 fully saturated rings. The second kappa shape index (κ2) is 5.40. The molecule has 12 heavy (non-hydrogen) atoms. The molecule has 1 N–H and O–H groups in total. The van der Waals surface area contributed by atoms with Gasteiger partial charge in [0, 0.05) is 31.1 Å². The quantitative estimate of drug-likeness (QED) is 0.841. The number of rotatable bonds is 2. The summed E-state index contributed by atoms with van der Waals surface area (Å²) in [6.45, 7) is 2.04. The molecule has 2 nitrogen and oxygen atoms in total. The van der Waals surface area contributed by atoms with Crippen molar-refractivity contribution in [2.75, 3.05) is 0 Å². The molecule has 0 amide bonds. The Morgan fingerprint density at radius 2 is 1.83 bits per heavy atom. The van der Waals surface area contributed by atoms with Crippen molar-refractivity contribution < 1.29 is 41.0 Å². The molecule has 0 aliphatic heterocycles. The molecule has 0 saturated carbocycles. The molecule has 0 heterocycles. The summed E-state index contributed by atoms with van der Waals surface area (Å²) >= 11 is 0. The maximum atomic E-state index is 10.4. The Morgan fingerprint density at radius 3 is 2.17 bits per heavy atom. The summed E-state index contributed by atoms with van der Waals surface area (Å²) in [5.74, 6) is -0.868. The third kappa shape index (κ3) is 3.00. The maximum absolute atomic E-state index is 10.4. The first-order valence-electron chi connectivity index (χ1n) is 3.56. The van der Waals surface area contributed by atoms with Crippen molar-refractivity contribution in [1.29, 1.82) is 0 Å². The minimum Gasteiger partial charge on any atom is -0.478 e. The molecule has 1 aromatic carbocycles. The smallest absolute Gasteiger partial charge is 0.335 e. The summed E-state index contributed by atoms with van der Waals surface area (Å²) in [4.78, 5) is 10.4. The van der Waals surface area contributed by atoms with Gasteiger partial charge in [-0.3, -0.25) is 0 Å². The van der Waals surface area contributed by atoms with Gasteiger partial charge in [0.2, 0.25) is 0 Å². The van der Waals surface area contributed by atoms with Crippen molar-refractivity contribution in [3.05, 3.63) is 35.4 Å². The third-order valence-electron chi connectivity index (χ3n) is 1.61. The fourth-order valence-corrected chi connectivity index (χ4v) is 0.883. The van der Waals surface area contributed by atoms with E-state index >= 15 is 0 Å². The van der Waals surface area contributed by atoms with Crippen LogP contribution in [0.15, 0.2) is 24.3 Å². The number of carboxylic acid groups (broad SMARTS) is 1. The Labute approximate surface area is 95.4 Å². The number of hydrogen-bond acceptors (Lipinski definition) is 1. The molecule has 1 rings (SSSR count). The van der Waals surface area contributed by atoms with Crippen molar-refractivity contribution in [2.24, 2.45) is 0 Å². The van der Waals surface area contributed by atoms with Crippen LogP contribution in [0.2, 0.25) is 0 Å². The first kappa shape index (κ1) is 11.7. The normalized spacial score (nSPS) is 8.75. The summed E-state index contributed by atoms with van der Waals surface area (Å²) < 4.78 is 0. The van der Waals surface area contributed by atoms with Gasteiger partial charge in [-0.1, -0.05) is 19.1 Å². The summed E-state index contributed by atoms with van der Waals surface area (Å²) in [6, 6.07) is 6.93. The van der Waals surface area contributed by atoms with Crippen molar-refractivity contribution >= 4 is 5.97 Å². The Morgan fingerprint density at radius 1 is 1.33 bits per heavy atom. The molecule has 3 heteroatoms. The molecule has 0 spiro atoms. The van der Waals surface area contributed by atoms with Crippen LogP contribution in [0.4, 0.5) is 0 Å². The van der Waals surface area contributed by atoms with E-state index in [1.807, 2.05) is 19.1 Å². The van der Waals surface area contributed by atoms with E-state index in [2.05, 4.69) is 0 Å². The van der Waals surface area contributed by atoms with E-state index in [0.29, 0.717) is 5.56 Å². The van der Waals surface area contributed by atoms with E-state index in [1.54, 1.807) is 12.1 Å². The molecular weight excluding hydrogens is 378 g/mol. The van der Waals surface area contributed by atoms with E-state index < -0.39 is 5.97 Å². The molecule has 0 aliphatic carbocycles. The van der Waals surface area contributed by atoms with Gasteiger partial charge in [0.25, 0.3) is 0 Å². The van der Waals surface area contributed by atoms with Gasteiger partial charge in [-0.15, -0.1) is 0 Å². The molecule has 0 unspecified atom stereocenters. The SMILES string of the molecule is CCc1ccc(C(=O)O)cc1.[U]. The van der Waals surface area contributed by atoms with Crippen LogP contribution in [-0.4, -0.2) is 11.1 Å². The zero-order valence-electron chi connectivity index (χ0n) is 6.87. The predicted molar refractivity (Wildman–Crippen MR) is 42.8 cm³/mol. The van der Waals surface area contributed by atoms with Crippen LogP contribution in [0.5, 0.6) is 0 Å². The fourth-order valence-electron chi connectivity index (χ4n) is 0.883. The molecule has 0 radical (unpaired) electrons. The third-order valence-corrected chi connectivity index (χ3v) is 1.61. The zero-order valence-corrected chi connectivity index (χ0v) is 11.0. The number of benzene rings is 1. The van der Waals surface area contributed by atoms with Crippen LogP contribution in [0.3, 0.4) is 0 Å². The van der Waals surface area contributed by atoms with E-state index in [4.69, 9.17) is 5.11 Å². The Bertz CT molecular complexity index is 254. The van der Waals surface area contributed by atoms with Crippen LogP contribution in [0, 0.1) is 31.1 Å². The molecule has 1 aromatic rings. The largest absolute Gasteiger partial charge is 0.478 e. The van der Waals surface area contributed by atoms with Crippen LogP contribution >= 0.6 is 0 Å². The van der Waals surface area contributed by atoms with Crippen LogP contribution in [0.25, 0.3) is 0 Å². The molecule has 0 atom stereocenters. The molecule has 0 aromatic heterocycles. The number of carboxylic acids is 1. The second-order valence-corrected chi connectivity index (χ2v) is 2.36. The predicted octanol–water partition coefficient (Wildman–Crippen LogP) is 1.95. The number of hydrogen-bond donors (Lipinski definition) is 1. The van der Waals surface area contributed by atoms with Crippen molar-refractivity contribution in [2.45, 2.75) is 13.3 Å². The van der Waals surface area contributed by atoms with E-state index in [9.17, 15) is 4.79 Å². The van der Waals surface area contributed by atoms with Crippen molar-refractivity contribution in [3.63, 3.8) is 0 Å². The standard InChI is InChI=1S/C9H10O2.U/c1-2-7-3-5-8(6-4-7)9(10)11;/h3-6H,2H2,1H3,(H,10,11);.